The van der Waals surface area contributed by atoms with Crippen molar-refractivity contribution in [2.45, 2.75) is 19.8 Å². The zero-order valence-electron chi connectivity index (χ0n) is 14.9. The van der Waals surface area contributed by atoms with Gasteiger partial charge in [0.1, 0.15) is 5.75 Å². The lowest BCUT2D eigenvalue weighted by atomic mass is 9.65. The Labute approximate surface area is 153 Å². The van der Waals surface area contributed by atoms with E-state index >= 15 is 0 Å². The molecule has 1 aliphatic heterocycles. The highest BCUT2D eigenvalue weighted by Gasteiger charge is 2.71. The van der Waals surface area contributed by atoms with Crippen LogP contribution in [-0.4, -0.2) is 18.4 Å². The van der Waals surface area contributed by atoms with Crippen molar-refractivity contribution in [1.82, 2.24) is 0 Å². The molecule has 1 aromatic rings. The molecule has 4 fully saturated rings. The molecule has 4 heteroatoms. The van der Waals surface area contributed by atoms with Gasteiger partial charge in [-0.05, 0) is 67.4 Å². The maximum atomic E-state index is 13.4. The number of anilines is 1. The molecule has 2 amide bonds. The molecular formula is C22H23NO3. The van der Waals surface area contributed by atoms with Crippen LogP contribution in [-0.2, 0) is 9.59 Å². The summed E-state index contributed by atoms with van der Waals surface area (Å²) in [5, 5.41) is 0. The van der Waals surface area contributed by atoms with Gasteiger partial charge in [0.15, 0.2) is 0 Å². The number of ether oxygens (including phenoxy) is 1. The van der Waals surface area contributed by atoms with Crippen LogP contribution in [0.3, 0.4) is 0 Å². The van der Waals surface area contributed by atoms with E-state index in [1.165, 1.54) is 11.3 Å². The largest absolute Gasteiger partial charge is 0.492 e. The maximum Gasteiger partial charge on any atom is 0.238 e. The number of hydrogen-bond donors (Lipinski definition) is 0. The van der Waals surface area contributed by atoms with Gasteiger partial charge >= 0.3 is 0 Å². The van der Waals surface area contributed by atoms with Crippen LogP contribution < -0.4 is 9.64 Å². The number of imide groups is 1. The number of para-hydroxylation sites is 2. The summed E-state index contributed by atoms with van der Waals surface area (Å²) < 4.78 is 5.70. The summed E-state index contributed by atoms with van der Waals surface area (Å²) in [5.41, 5.74) is 0.629. The summed E-state index contributed by atoms with van der Waals surface area (Å²) in [5.74, 6) is 3.83. The van der Waals surface area contributed by atoms with Gasteiger partial charge < -0.3 is 4.74 Å². The maximum absolute atomic E-state index is 13.4. The Kier molecular flexibility index (Phi) is 2.88. The molecule has 4 bridgehead atoms. The van der Waals surface area contributed by atoms with Gasteiger partial charge in [0.05, 0.1) is 24.1 Å². The van der Waals surface area contributed by atoms with Gasteiger partial charge in [-0.25, -0.2) is 4.90 Å². The number of carbonyl (C=O) groups is 2. The molecule has 0 spiro atoms. The zero-order chi connectivity index (χ0) is 17.6. The van der Waals surface area contributed by atoms with E-state index in [2.05, 4.69) is 12.2 Å². The Balaban J connectivity index is 1.40. The van der Waals surface area contributed by atoms with E-state index in [0.717, 1.165) is 6.42 Å². The fourth-order valence-electron chi connectivity index (χ4n) is 7.27. The smallest absolute Gasteiger partial charge is 0.238 e. The number of allylic oxidation sites excluding steroid dienone is 2. The molecule has 1 heterocycles. The van der Waals surface area contributed by atoms with Gasteiger partial charge in [-0.1, -0.05) is 24.3 Å². The fraction of sp³-hybridized carbons (Fsp3) is 0.545. The van der Waals surface area contributed by atoms with E-state index in [4.69, 9.17) is 4.74 Å². The molecule has 1 saturated heterocycles. The first-order valence-corrected chi connectivity index (χ1v) is 9.98. The van der Waals surface area contributed by atoms with Crippen LogP contribution in [0.5, 0.6) is 5.75 Å². The van der Waals surface area contributed by atoms with Crippen molar-refractivity contribution in [3.63, 3.8) is 0 Å². The van der Waals surface area contributed by atoms with Crippen LogP contribution in [0.4, 0.5) is 5.69 Å². The highest BCUT2D eigenvalue weighted by Crippen LogP contribution is 2.70. The minimum absolute atomic E-state index is 0.0184. The quantitative estimate of drug-likeness (QED) is 0.478. The molecule has 4 nitrogen and oxygen atoms in total. The van der Waals surface area contributed by atoms with E-state index in [-0.39, 0.29) is 23.7 Å². The normalized spacial score (nSPS) is 44.1. The Bertz CT molecular complexity index is 804. The highest BCUT2D eigenvalue weighted by molar-refractivity contribution is 6.23. The number of carbonyl (C=O) groups excluding carboxylic acids is 2. The topological polar surface area (TPSA) is 46.6 Å². The van der Waals surface area contributed by atoms with E-state index in [0.29, 0.717) is 53.6 Å². The summed E-state index contributed by atoms with van der Waals surface area (Å²) >= 11 is 0. The van der Waals surface area contributed by atoms with Gasteiger partial charge in [0.2, 0.25) is 11.8 Å². The number of nitrogens with zero attached hydrogens (tertiary/aromatic N) is 1. The molecule has 4 aliphatic carbocycles. The molecule has 3 saturated carbocycles. The lowest BCUT2D eigenvalue weighted by Gasteiger charge is -2.36. The van der Waals surface area contributed by atoms with Crippen molar-refractivity contribution in [2.24, 2.45) is 47.3 Å². The van der Waals surface area contributed by atoms with Crippen molar-refractivity contribution >= 4 is 17.5 Å². The molecule has 8 unspecified atom stereocenters. The van der Waals surface area contributed by atoms with Crippen LogP contribution in [0.15, 0.2) is 36.4 Å². The molecule has 1 aromatic carbocycles. The predicted octanol–water partition coefficient (Wildman–Crippen LogP) is 3.28. The first kappa shape index (κ1) is 15.0. The van der Waals surface area contributed by atoms with Crippen molar-refractivity contribution in [3.05, 3.63) is 36.4 Å². The summed E-state index contributed by atoms with van der Waals surface area (Å²) in [4.78, 5) is 28.2. The van der Waals surface area contributed by atoms with E-state index in [1.54, 1.807) is 0 Å². The van der Waals surface area contributed by atoms with Crippen molar-refractivity contribution < 1.29 is 14.3 Å². The van der Waals surface area contributed by atoms with Gasteiger partial charge in [-0.2, -0.15) is 0 Å². The third-order valence-corrected chi connectivity index (χ3v) is 7.84. The van der Waals surface area contributed by atoms with E-state index in [9.17, 15) is 9.59 Å². The second kappa shape index (κ2) is 4.99. The highest BCUT2D eigenvalue weighted by atomic mass is 16.5. The molecule has 6 rings (SSSR count). The molecule has 0 aromatic heterocycles. The fourth-order valence-corrected chi connectivity index (χ4v) is 7.27. The third-order valence-electron chi connectivity index (χ3n) is 7.84. The summed E-state index contributed by atoms with van der Waals surface area (Å²) in [6.07, 6.45) is 7.09. The van der Waals surface area contributed by atoms with Gasteiger partial charge in [0, 0.05) is 0 Å². The van der Waals surface area contributed by atoms with Gasteiger partial charge in [-0.3, -0.25) is 9.59 Å². The Morgan fingerprint density at radius 1 is 0.962 bits per heavy atom. The van der Waals surface area contributed by atoms with Crippen LogP contribution in [0.1, 0.15) is 19.8 Å². The number of rotatable bonds is 3. The molecule has 26 heavy (non-hydrogen) atoms. The summed E-state index contributed by atoms with van der Waals surface area (Å²) in [7, 11) is 0. The first-order valence-electron chi connectivity index (χ1n) is 9.98. The van der Waals surface area contributed by atoms with E-state index in [1.807, 2.05) is 31.2 Å². The third kappa shape index (κ3) is 1.62. The van der Waals surface area contributed by atoms with Crippen molar-refractivity contribution in [2.75, 3.05) is 11.5 Å². The van der Waals surface area contributed by atoms with Crippen LogP contribution in [0.2, 0.25) is 0 Å². The number of hydrogen-bond acceptors (Lipinski definition) is 3. The molecule has 0 N–H and O–H groups in total. The molecule has 5 aliphatic rings. The lowest BCUT2D eigenvalue weighted by molar-refractivity contribution is -0.123. The van der Waals surface area contributed by atoms with Crippen LogP contribution >= 0.6 is 0 Å². The first-order chi connectivity index (χ1) is 12.7. The van der Waals surface area contributed by atoms with Crippen LogP contribution in [0, 0.1) is 47.3 Å². The number of benzene rings is 1. The number of fused-ring (bicyclic) bond motifs is 12. The SMILES string of the molecule is CCOc1ccccc1N1C(=O)C2C3CC(C2C1=O)C1C2C=CC(C2)C31. The van der Waals surface area contributed by atoms with Gasteiger partial charge in [0.25, 0.3) is 0 Å². The lowest BCUT2D eigenvalue weighted by Crippen LogP contribution is -2.38. The Hall–Kier alpha value is -2.10. The summed E-state index contributed by atoms with van der Waals surface area (Å²) in [6.45, 7) is 2.44. The number of amides is 2. The molecule has 134 valence electrons. The summed E-state index contributed by atoms with van der Waals surface area (Å²) in [6, 6.07) is 7.45. The van der Waals surface area contributed by atoms with Crippen molar-refractivity contribution in [1.29, 1.82) is 0 Å². The minimum atomic E-state index is -0.101. The monoisotopic (exact) mass is 349 g/mol. The minimum Gasteiger partial charge on any atom is -0.492 e. The average molecular weight is 349 g/mol. The molecule has 0 radical (unpaired) electrons. The zero-order valence-corrected chi connectivity index (χ0v) is 14.9. The molecular weight excluding hydrogens is 326 g/mol. The Morgan fingerprint density at radius 2 is 1.58 bits per heavy atom. The second-order valence-electron chi connectivity index (χ2n) is 8.63. The second-order valence-corrected chi connectivity index (χ2v) is 8.63. The van der Waals surface area contributed by atoms with Crippen LogP contribution in [0.25, 0.3) is 0 Å². The van der Waals surface area contributed by atoms with Crippen molar-refractivity contribution in [3.8, 4) is 5.75 Å². The molecule has 8 atom stereocenters. The average Bonchev–Trinajstić information content (AvgIpc) is 3.42. The van der Waals surface area contributed by atoms with E-state index < -0.39 is 0 Å². The Morgan fingerprint density at radius 3 is 2.19 bits per heavy atom. The predicted molar refractivity (Wildman–Crippen MR) is 96.4 cm³/mol. The standard InChI is InChI=1S/C22H23NO3/c1-2-26-16-6-4-3-5-15(16)23-21(24)19-13-10-14(20(19)22(23)25)18-12-8-7-11(9-12)17(13)18/h3-8,11-14,17-20H,2,9-10H2,1H3. The van der Waals surface area contributed by atoms with Gasteiger partial charge in [-0.15, -0.1) is 0 Å².